The van der Waals surface area contributed by atoms with Crippen LogP contribution in [0.4, 0.5) is 0 Å². The lowest BCUT2D eigenvalue weighted by Gasteiger charge is -2.05. The Morgan fingerprint density at radius 3 is 2.58 bits per heavy atom. The topological polar surface area (TPSA) is 73.8 Å². The average molecular weight is 408 g/mol. The van der Waals surface area contributed by atoms with Gasteiger partial charge in [0.2, 0.25) is 0 Å². The average Bonchev–Trinajstić information content (AvgIpc) is 3.07. The summed E-state index contributed by atoms with van der Waals surface area (Å²) in [6.45, 7) is 0.100. The fourth-order valence-corrected chi connectivity index (χ4v) is 3.16. The van der Waals surface area contributed by atoms with E-state index in [-0.39, 0.29) is 12.1 Å². The van der Waals surface area contributed by atoms with E-state index in [9.17, 15) is 4.79 Å². The fourth-order valence-electron chi connectivity index (χ4n) is 2.49. The van der Waals surface area contributed by atoms with Gasteiger partial charge in [0.15, 0.2) is 5.82 Å². The SMILES string of the molecule is O=c1c2cc(Cl)cc(Cl)c2ncn1Cc1noc(-c2ccc(Cl)cc2)n1. The third-order valence-electron chi connectivity index (χ3n) is 3.72. The zero-order chi connectivity index (χ0) is 18.3. The number of hydrogen-bond donors (Lipinski definition) is 0. The Hall–Kier alpha value is -2.41. The molecule has 0 N–H and O–H groups in total. The van der Waals surface area contributed by atoms with Crippen LogP contribution >= 0.6 is 34.8 Å². The first-order valence-electron chi connectivity index (χ1n) is 7.44. The molecule has 0 bridgehead atoms. The van der Waals surface area contributed by atoms with Gasteiger partial charge in [0.1, 0.15) is 0 Å². The van der Waals surface area contributed by atoms with Crippen LogP contribution in [0.5, 0.6) is 0 Å². The molecule has 130 valence electrons. The molecule has 26 heavy (non-hydrogen) atoms. The van der Waals surface area contributed by atoms with Crippen LogP contribution in [0.2, 0.25) is 15.1 Å². The summed E-state index contributed by atoms with van der Waals surface area (Å²) >= 11 is 17.9. The molecule has 0 aliphatic carbocycles. The number of rotatable bonds is 3. The minimum Gasteiger partial charge on any atom is -0.334 e. The van der Waals surface area contributed by atoms with Crippen molar-refractivity contribution in [3.05, 3.63) is 74.0 Å². The largest absolute Gasteiger partial charge is 0.334 e. The summed E-state index contributed by atoms with van der Waals surface area (Å²) in [6, 6.07) is 10.1. The van der Waals surface area contributed by atoms with Gasteiger partial charge < -0.3 is 4.52 Å². The maximum Gasteiger partial charge on any atom is 0.261 e. The van der Waals surface area contributed by atoms with Gasteiger partial charge in [0, 0.05) is 15.6 Å². The highest BCUT2D eigenvalue weighted by molar-refractivity contribution is 6.38. The second kappa shape index (κ2) is 6.72. The Labute approximate surface area is 161 Å². The standard InChI is InChI=1S/C17H9Cl3N4O2/c18-10-3-1-9(2-4-10)16-22-14(23-26-16)7-24-8-21-15-12(17(24)25)5-11(19)6-13(15)20/h1-6,8H,7H2. The van der Waals surface area contributed by atoms with Gasteiger partial charge in [-0.2, -0.15) is 4.98 Å². The first-order valence-corrected chi connectivity index (χ1v) is 8.57. The fraction of sp³-hybridized carbons (Fsp3) is 0.0588. The van der Waals surface area contributed by atoms with Crippen molar-refractivity contribution in [3.8, 4) is 11.5 Å². The van der Waals surface area contributed by atoms with Crippen LogP contribution in [0.15, 0.2) is 52.0 Å². The quantitative estimate of drug-likeness (QED) is 0.501. The maximum absolute atomic E-state index is 12.7. The van der Waals surface area contributed by atoms with Crippen molar-refractivity contribution < 1.29 is 4.52 Å². The summed E-state index contributed by atoms with van der Waals surface area (Å²) in [5.74, 6) is 0.677. The first kappa shape index (κ1) is 17.0. The Morgan fingerprint density at radius 1 is 1.04 bits per heavy atom. The molecule has 4 aromatic rings. The van der Waals surface area contributed by atoms with Gasteiger partial charge >= 0.3 is 0 Å². The summed E-state index contributed by atoms with van der Waals surface area (Å²) in [6.07, 6.45) is 1.39. The van der Waals surface area contributed by atoms with Crippen LogP contribution in [-0.2, 0) is 6.54 Å². The van der Waals surface area contributed by atoms with E-state index < -0.39 is 0 Å². The molecule has 0 atom stereocenters. The van der Waals surface area contributed by atoms with Crippen LogP contribution in [0.3, 0.4) is 0 Å². The Bertz CT molecular complexity index is 1170. The zero-order valence-corrected chi connectivity index (χ0v) is 15.3. The molecule has 0 fully saturated rings. The molecule has 2 aromatic heterocycles. The molecule has 0 saturated heterocycles. The first-order chi connectivity index (χ1) is 12.5. The van der Waals surface area contributed by atoms with Crippen molar-refractivity contribution >= 4 is 45.7 Å². The van der Waals surface area contributed by atoms with Gasteiger partial charge in [-0.05, 0) is 36.4 Å². The van der Waals surface area contributed by atoms with E-state index in [0.717, 1.165) is 5.56 Å². The number of benzene rings is 2. The van der Waals surface area contributed by atoms with Gasteiger partial charge in [-0.3, -0.25) is 9.36 Å². The van der Waals surface area contributed by atoms with Gasteiger partial charge in [0.05, 0.1) is 28.8 Å². The number of fused-ring (bicyclic) bond motifs is 1. The molecule has 2 aromatic carbocycles. The molecular formula is C17H9Cl3N4O2. The number of halogens is 3. The summed E-state index contributed by atoms with van der Waals surface area (Å²) in [7, 11) is 0. The highest BCUT2D eigenvalue weighted by Gasteiger charge is 2.13. The molecule has 0 saturated carbocycles. The van der Waals surface area contributed by atoms with Crippen molar-refractivity contribution in [3.63, 3.8) is 0 Å². The summed E-state index contributed by atoms with van der Waals surface area (Å²) in [4.78, 5) is 21.2. The predicted molar refractivity (Wildman–Crippen MR) is 99.9 cm³/mol. The highest BCUT2D eigenvalue weighted by Crippen LogP contribution is 2.24. The predicted octanol–water partition coefficient (Wildman–Crippen LogP) is 4.46. The van der Waals surface area contributed by atoms with Crippen LogP contribution in [0, 0.1) is 0 Å². The van der Waals surface area contributed by atoms with Crippen molar-refractivity contribution in [2.45, 2.75) is 6.54 Å². The van der Waals surface area contributed by atoms with Crippen LogP contribution < -0.4 is 5.56 Å². The smallest absolute Gasteiger partial charge is 0.261 e. The van der Waals surface area contributed by atoms with Gasteiger partial charge in [0.25, 0.3) is 11.4 Å². The lowest BCUT2D eigenvalue weighted by Crippen LogP contribution is -2.21. The summed E-state index contributed by atoms with van der Waals surface area (Å²) in [5, 5.41) is 5.53. The zero-order valence-electron chi connectivity index (χ0n) is 13.0. The van der Waals surface area contributed by atoms with Crippen LogP contribution in [0.1, 0.15) is 5.82 Å². The molecule has 0 spiro atoms. The van der Waals surface area contributed by atoms with Crippen LogP contribution in [0.25, 0.3) is 22.4 Å². The van der Waals surface area contributed by atoms with Gasteiger partial charge in [-0.25, -0.2) is 4.98 Å². The van der Waals surface area contributed by atoms with Crippen molar-refractivity contribution in [2.24, 2.45) is 0 Å². The Kier molecular flexibility index (Phi) is 4.40. The van der Waals surface area contributed by atoms with E-state index in [4.69, 9.17) is 39.3 Å². The highest BCUT2D eigenvalue weighted by atomic mass is 35.5. The molecule has 0 amide bonds. The minimum absolute atomic E-state index is 0.100. The van der Waals surface area contributed by atoms with E-state index in [1.54, 1.807) is 30.3 Å². The number of nitrogens with zero attached hydrogens (tertiary/aromatic N) is 4. The normalized spacial score (nSPS) is 11.2. The molecule has 2 heterocycles. The molecule has 4 rings (SSSR count). The summed E-state index contributed by atoms with van der Waals surface area (Å²) in [5.41, 5.74) is 0.834. The molecule has 9 heteroatoms. The molecule has 0 aliphatic rings. The third-order valence-corrected chi connectivity index (χ3v) is 4.48. The van der Waals surface area contributed by atoms with Crippen molar-refractivity contribution in [1.29, 1.82) is 0 Å². The molecular weight excluding hydrogens is 399 g/mol. The van der Waals surface area contributed by atoms with E-state index in [1.807, 2.05) is 0 Å². The van der Waals surface area contributed by atoms with E-state index in [2.05, 4.69) is 15.1 Å². The molecule has 0 unspecified atom stereocenters. The lowest BCUT2D eigenvalue weighted by atomic mass is 10.2. The van der Waals surface area contributed by atoms with E-state index >= 15 is 0 Å². The number of aromatic nitrogens is 4. The molecule has 0 aliphatic heterocycles. The van der Waals surface area contributed by atoms with Crippen molar-refractivity contribution in [1.82, 2.24) is 19.7 Å². The minimum atomic E-state index is -0.294. The van der Waals surface area contributed by atoms with Crippen molar-refractivity contribution in [2.75, 3.05) is 0 Å². The second-order valence-electron chi connectivity index (χ2n) is 5.48. The molecule has 6 nitrogen and oxygen atoms in total. The van der Waals surface area contributed by atoms with Gasteiger partial charge in [-0.15, -0.1) is 0 Å². The van der Waals surface area contributed by atoms with Gasteiger partial charge in [-0.1, -0.05) is 40.0 Å². The van der Waals surface area contributed by atoms with Crippen LogP contribution in [-0.4, -0.2) is 19.7 Å². The third kappa shape index (κ3) is 3.19. The Balaban J connectivity index is 1.69. The number of hydrogen-bond acceptors (Lipinski definition) is 5. The Morgan fingerprint density at radius 2 is 1.81 bits per heavy atom. The van der Waals surface area contributed by atoms with E-state index in [0.29, 0.717) is 37.7 Å². The lowest BCUT2D eigenvalue weighted by molar-refractivity contribution is 0.420. The summed E-state index contributed by atoms with van der Waals surface area (Å²) < 4.78 is 6.61. The maximum atomic E-state index is 12.7. The second-order valence-corrected chi connectivity index (χ2v) is 6.76. The molecule has 0 radical (unpaired) electrons. The van der Waals surface area contributed by atoms with E-state index in [1.165, 1.54) is 17.0 Å². The monoisotopic (exact) mass is 406 g/mol.